The number of nitrogens with one attached hydrogen (secondary N) is 1. The number of amides is 1. The molecule has 1 amide bonds. The summed E-state index contributed by atoms with van der Waals surface area (Å²) in [5.74, 6) is -0.764. The first-order valence-electron chi connectivity index (χ1n) is 6.40. The van der Waals surface area contributed by atoms with Gasteiger partial charge in [-0.05, 0) is 18.6 Å². The van der Waals surface area contributed by atoms with E-state index in [9.17, 15) is 19.3 Å². The van der Waals surface area contributed by atoms with Gasteiger partial charge in [-0.25, -0.2) is 9.18 Å². The second-order valence-electron chi connectivity index (χ2n) is 4.51. The predicted molar refractivity (Wildman–Crippen MR) is 78.0 cm³/mol. The van der Waals surface area contributed by atoms with Crippen LogP contribution < -0.4 is 5.32 Å². The van der Waals surface area contributed by atoms with Crippen molar-refractivity contribution in [3.63, 3.8) is 0 Å². The smallest absolute Gasteiger partial charge is 0.412 e. The van der Waals surface area contributed by atoms with E-state index < -0.39 is 16.8 Å². The highest BCUT2D eigenvalue weighted by Gasteiger charge is 2.19. The minimum atomic E-state index is -0.883. The topological polar surface area (TPSA) is 81.5 Å². The third kappa shape index (κ3) is 3.57. The molecule has 7 heteroatoms. The van der Waals surface area contributed by atoms with Crippen molar-refractivity contribution in [3.05, 3.63) is 69.5 Å². The van der Waals surface area contributed by atoms with Crippen molar-refractivity contribution in [3.8, 4) is 0 Å². The van der Waals surface area contributed by atoms with Crippen molar-refractivity contribution in [1.82, 2.24) is 0 Å². The van der Waals surface area contributed by atoms with Crippen molar-refractivity contribution in [2.75, 3.05) is 5.32 Å². The number of hydrogen-bond acceptors (Lipinski definition) is 4. The van der Waals surface area contributed by atoms with E-state index in [1.807, 2.05) is 6.07 Å². The van der Waals surface area contributed by atoms with Gasteiger partial charge in [-0.3, -0.25) is 15.4 Å². The molecular weight excluding hydrogens is 291 g/mol. The van der Waals surface area contributed by atoms with Gasteiger partial charge in [0.15, 0.2) is 0 Å². The van der Waals surface area contributed by atoms with E-state index in [2.05, 4.69) is 5.32 Å². The predicted octanol–water partition coefficient (Wildman–Crippen LogP) is 3.79. The standard InChI is InChI=1S/C15H13FN2O4/c1-10-13(18(20)21)8-7-12(16)14(10)17-15(19)22-9-11-5-3-2-4-6-11/h2-8H,9H2,1H3,(H,17,19). The first kappa shape index (κ1) is 15.4. The lowest BCUT2D eigenvalue weighted by Gasteiger charge is -2.10. The van der Waals surface area contributed by atoms with E-state index in [4.69, 9.17) is 4.74 Å². The van der Waals surface area contributed by atoms with Gasteiger partial charge in [-0.1, -0.05) is 30.3 Å². The molecule has 0 unspecified atom stereocenters. The number of carbonyl (C=O) groups excluding carboxylic acids is 1. The van der Waals surface area contributed by atoms with E-state index in [0.29, 0.717) is 0 Å². The Morgan fingerprint density at radius 3 is 2.59 bits per heavy atom. The molecule has 0 atom stereocenters. The summed E-state index contributed by atoms with van der Waals surface area (Å²) in [6.07, 6.45) is -0.883. The molecule has 0 aliphatic rings. The average Bonchev–Trinajstić information content (AvgIpc) is 2.50. The van der Waals surface area contributed by atoms with Gasteiger partial charge in [0, 0.05) is 6.07 Å². The summed E-state index contributed by atoms with van der Waals surface area (Å²) in [5.41, 5.74) is 0.266. The Kier molecular flexibility index (Phi) is 4.67. The van der Waals surface area contributed by atoms with E-state index in [1.54, 1.807) is 24.3 Å². The van der Waals surface area contributed by atoms with Crippen LogP contribution in [-0.4, -0.2) is 11.0 Å². The SMILES string of the molecule is Cc1c([N+](=O)[O-])ccc(F)c1NC(=O)OCc1ccccc1. The fraction of sp³-hybridized carbons (Fsp3) is 0.133. The quantitative estimate of drug-likeness (QED) is 0.688. The molecule has 1 N–H and O–H groups in total. The maximum atomic E-state index is 13.7. The zero-order valence-electron chi connectivity index (χ0n) is 11.7. The molecule has 22 heavy (non-hydrogen) atoms. The molecule has 114 valence electrons. The van der Waals surface area contributed by atoms with Crippen molar-refractivity contribution in [1.29, 1.82) is 0 Å². The highest BCUT2D eigenvalue weighted by Crippen LogP contribution is 2.28. The van der Waals surface area contributed by atoms with E-state index in [1.165, 1.54) is 6.92 Å². The minimum Gasteiger partial charge on any atom is -0.444 e. The monoisotopic (exact) mass is 304 g/mol. The Hall–Kier alpha value is -2.96. The van der Waals surface area contributed by atoms with Gasteiger partial charge in [-0.15, -0.1) is 0 Å². The number of nitro benzene ring substituents is 1. The molecule has 0 heterocycles. The highest BCUT2D eigenvalue weighted by atomic mass is 19.1. The normalized spacial score (nSPS) is 10.1. The van der Waals surface area contributed by atoms with Gasteiger partial charge in [0.1, 0.15) is 12.4 Å². The van der Waals surface area contributed by atoms with Crippen molar-refractivity contribution >= 4 is 17.5 Å². The number of hydrogen-bond donors (Lipinski definition) is 1. The van der Waals surface area contributed by atoms with Crippen LogP contribution >= 0.6 is 0 Å². The van der Waals surface area contributed by atoms with Crippen molar-refractivity contribution in [2.24, 2.45) is 0 Å². The lowest BCUT2D eigenvalue weighted by molar-refractivity contribution is -0.385. The second-order valence-corrected chi connectivity index (χ2v) is 4.51. The largest absolute Gasteiger partial charge is 0.444 e. The first-order chi connectivity index (χ1) is 10.5. The number of ether oxygens (including phenoxy) is 1. The average molecular weight is 304 g/mol. The lowest BCUT2D eigenvalue weighted by atomic mass is 10.1. The van der Waals surface area contributed by atoms with Crippen LogP contribution in [0.3, 0.4) is 0 Å². The molecule has 0 spiro atoms. The van der Waals surface area contributed by atoms with Crippen LogP contribution in [0.5, 0.6) is 0 Å². The van der Waals surface area contributed by atoms with Crippen LogP contribution in [0, 0.1) is 22.9 Å². The van der Waals surface area contributed by atoms with Crippen LogP contribution in [0.2, 0.25) is 0 Å². The first-order valence-corrected chi connectivity index (χ1v) is 6.40. The molecule has 0 saturated carbocycles. The summed E-state index contributed by atoms with van der Waals surface area (Å²) in [5, 5.41) is 13.0. The summed E-state index contributed by atoms with van der Waals surface area (Å²) in [6.45, 7) is 1.37. The molecule has 0 saturated heterocycles. The lowest BCUT2D eigenvalue weighted by Crippen LogP contribution is -2.16. The van der Waals surface area contributed by atoms with Gasteiger partial charge in [0.25, 0.3) is 5.69 Å². The van der Waals surface area contributed by atoms with Crippen molar-refractivity contribution < 1.29 is 18.8 Å². The third-order valence-corrected chi connectivity index (χ3v) is 3.02. The van der Waals surface area contributed by atoms with Crippen LogP contribution in [-0.2, 0) is 11.3 Å². The number of anilines is 1. The second kappa shape index (κ2) is 6.66. The van der Waals surface area contributed by atoms with E-state index >= 15 is 0 Å². The molecule has 6 nitrogen and oxygen atoms in total. The fourth-order valence-electron chi connectivity index (χ4n) is 1.88. The van der Waals surface area contributed by atoms with Crippen LogP contribution in [0.1, 0.15) is 11.1 Å². The highest BCUT2D eigenvalue weighted by molar-refractivity contribution is 5.86. The number of carbonyl (C=O) groups is 1. The Morgan fingerprint density at radius 2 is 1.95 bits per heavy atom. The Labute approximate surface area is 125 Å². The summed E-state index contributed by atoms with van der Waals surface area (Å²) >= 11 is 0. The minimum absolute atomic E-state index is 0.0161. The summed E-state index contributed by atoms with van der Waals surface area (Å²) in [7, 11) is 0. The van der Waals surface area contributed by atoms with Gasteiger partial charge in [0.2, 0.25) is 0 Å². The molecule has 0 aliphatic carbocycles. The molecule has 0 aromatic heterocycles. The number of nitro groups is 1. The Morgan fingerprint density at radius 1 is 1.27 bits per heavy atom. The molecule has 0 aliphatic heterocycles. The number of rotatable bonds is 4. The van der Waals surface area contributed by atoms with Gasteiger partial charge < -0.3 is 4.74 Å². The molecule has 2 aromatic rings. The maximum absolute atomic E-state index is 13.7. The molecular formula is C15H13FN2O4. The van der Waals surface area contributed by atoms with Crippen LogP contribution in [0.25, 0.3) is 0 Å². The number of benzene rings is 2. The summed E-state index contributed by atoms with van der Waals surface area (Å²) in [6, 6.07) is 10.9. The Bertz CT molecular complexity index is 704. The number of halogens is 1. The third-order valence-electron chi connectivity index (χ3n) is 3.02. The van der Waals surface area contributed by atoms with E-state index in [0.717, 1.165) is 17.7 Å². The molecule has 2 aromatic carbocycles. The van der Waals surface area contributed by atoms with Gasteiger partial charge in [0.05, 0.1) is 16.2 Å². The van der Waals surface area contributed by atoms with E-state index in [-0.39, 0.29) is 23.5 Å². The fourth-order valence-corrected chi connectivity index (χ4v) is 1.88. The van der Waals surface area contributed by atoms with Crippen LogP contribution in [0.15, 0.2) is 42.5 Å². The zero-order chi connectivity index (χ0) is 16.1. The summed E-state index contributed by atoms with van der Waals surface area (Å²) < 4.78 is 18.7. The van der Waals surface area contributed by atoms with Crippen molar-refractivity contribution in [2.45, 2.75) is 13.5 Å². The Balaban J connectivity index is 2.08. The maximum Gasteiger partial charge on any atom is 0.412 e. The summed E-state index contributed by atoms with van der Waals surface area (Å²) in [4.78, 5) is 21.9. The molecule has 0 radical (unpaired) electrons. The van der Waals surface area contributed by atoms with Gasteiger partial charge in [-0.2, -0.15) is 0 Å². The molecule has 0 fully saturated rings. The zero-order valence-corrected chi connectivity index (χ0v) is 11.7. The molecule has 2 rings (SSSR count). The van der Waals surface area contributed by atoms with Gasteiger partial charge >= 0.3 is 6.09 Å². The van der Waals surface area contributed by atoms with Crippen LogP contribution in [0.4, 0.5) is 20.6 Å². The molecule has 0 bridgehead atoms. The number of nitrogens with zero attached hydrogens (tertiary/aromatic N) is 1.